The maximum Gasteiger partial charge on any atom is 0.305 e. The lowest BCUT2D eigenvalue weighted by Crippen LogP contribution is -2.24. The van der Waals surface area contributed by atoms with Gasteiger partial charge in [0.25, 0.3) is 5.91 Å². The van der Waals surface area contributed by atoms with Crippen LogP contribution in [-0.2, 0) is 9.53 Å². The molecule has 0 aliphatic rings. The first-order valence-electron chi connectivity index (χ1n) is 6.95. The van der Waals surface area contributed by atoms with E-state index in [1.165, 1.54) is 11.3 Å². The number of ether oxygens (including phenoxy) is 1. The van der Waals surface area contributed by atoms with E-state index in [2.05, 4.69) is 5.32 Å². The third-order valence-electron chi connectivity index (χ3n) is 3.00. The van der Waals surface area contributed by atoms with E-state index in [4.69, 9.17) is 39.5 Å². The van der Waals surface area contributed by atoms with Crippen molar-refractivity contribution in [3.63, 3.8) is 0 Å². The number of rotatable bonds is 6. The van der Waals surface area contributed by atoms with E-state index in [1.807, 2.05) is 0 Å². The highest BCUT2D eigenvalue weighted by molar-refractivity contribution is 7.21. The van der Waals surface area contributed by atoms with E-state index in [0.29, 0.717) is 44.9 Å². The fourth-order valence-electron chi connectivity index (χ4n) is 2.01. The van der Waals surface area contributed by atoms with Crippen LogP contribution in [0.4, 0.5) is 0 Å². The van der Waals surface area contributed by atoms with Gasteiger partial charge in [0.2, 0.25) is 0 Å². The highest BCUT2D eigenvalue weighted by Gasteiger charge is 2.19. The zero-order chi connectivity index (χ0) is 17.0. The molecule has 8 heteroatoms. The molecule has 1 amide bonds. The van der Waals surface area contributed by atoms with Crippen LogP contribution in [0.1, 0.15) is 29.4 Å². The molecule has 124 valence electrons. The summed E-state index contributed by atoms with van der Waals surface area (Å²) < 4.78 is 5.57. The number of amides is 1. The minimum Gasteiger partial charge on any atom is -0.466 e. The molecule has 0 aliphatic carbocycles. The quantitative estimate of drug-likeness (QED) is 0.558. The first kappa shape index (κ1) is 18.3. The Morgan fingerprint density at radius 3 is 2.70 bits per heavy atom. The Bertz CT molecular complexity index is 745. The van der Waals surface area contributed by atoms with Crippen LogP contribution >= 0.6 is 46.1 Å². The van der Waals surface area contributed by atoms with E-state index < -0.39 is 0 Å². The molecular weight excluding hydrogens is 381 g/mol. The number of hydrogen-bond acceptors (Lipinski definition) is 4. The predicted octanol–water partition coefficient (Wildman–Crippen LogP) is 4.93. The van der Waals surface area contributed by atoms with E-state index in [1.54, 1.807) is 19.1 Å². The van der Waals surface area contributed by atoms with Crippen molar-refractivity contribution in [2.75, 3.05) is 13.2 Å². The summed E-state index contributed by atoms with van der Waals surface area (Å²) in [6.07, 6.45) is 0.759. The normalized spacial score (nSPS) is 10.8. The van der Waals surface area contributed by atoms with Crippen LogP contribution in [0.2, 0.25) is 15.1 Å². The maximum atomic E-state index is 12.2. The fraction of sp³-hybridized carbons (Fsp3) is 0.333. The fourth-order valence-corrected chi connectivity index (χ4v) is 4.30. The molecule has 23 heavy (non-hydrogen) atoms. The van der Waals surface area contributed by atoms with Gasteiger partial charge in [0, 0.05) is 28.1 Å². The first-order valence-corrected chi connectivity index (χ1v) is 8.90. The van der Waals surface area contributed by atoms with E-state index in [-0.39, 0.29) is 18.3 Å². The lowest BCUT2D eigenvalue weighted by atomic mass is 10.2. The van der Waals surface area contributed by atoms with Gasteiger partial charge in [-0.25, -0.2) is 0 Å². The molecule has 0 aliphatic heterocycles. The molecule has 0 spiro atoms. The Morgan fingerprint density at radius 2 is 2.00 bits per heavy atom. The standard InChI is InChI=1S/C15H14Cl3NO3S/c1-2-22-11(20)4-3-5-19-15(21)14-13(18)12-9(17)6-8(16)7-10(12)23-14/h6-7H,2-5H2,1H3,(H,19,21). The minimum atomic E-state index is -0.299. The van der Waals surface area contributed by atoms with Crippen molar-refractivity contribution in [1.29, 1.82) is 0 Å². The van der Waals surface area contributed by atoms with Gasteiger partial charge in [0.15, 0.2) is 0 Å². The summed E-state index contributed by atoms with van der Waals surface area (Å²) in [7, 11) is 0. The summed E-state index contributed by atoms with van der Waals surface area (Å²) in [5.74, 6) is -0.574. The zero-order valence-corrected chi connectivity index (χ0v) is 15.3. The number of halogens is 3. The number of carbonyl (C=O) groups is 2. The minimum absolute atomic E-state index is 0.260. The van der Waals surface area contributed by atoms with Gasteiger partial charge >= 0.3 is 5.97 Å². The van der Waals surface area contributed by atoms with Crippen LogP contribution in [0.3, 0.4) is 0 Å². The second-order valence-corrected chi connectivity index (χ2v) is 6.94. The van der Waals surface area contributed by atoms with E-state index in [9.17, 15) is 9.59 Å². The van der Waals surface area contributed by atoms with Crippen molar-refractivity contribution in [3.8, 4) is 0 Å². The number of thiophene rings is 1. The highest BCUT2D eigenvalue weighted by Crippen LogP contribution is 2.41. The highest BCUT2D eigenvalue weighted by atomic mass is 35.5. The summed E-state index contributed by atoms with van der Waals surface area (Å²) in [6.45, 7) is 2.46. The van der Waals surface area contributed by atoms with Gasteiger partial charge in [0.1, 0.15) is 4.88 Å². The van der Waals surface area contributed by atoms with E-state index >= 15 is 0 Å². The topological polar surface area (TPSA) is 55.4 Å². The van der Waals surface area contributed by atoms with Crippen molar-refractivity contribution >= 4 is 68.1 Å². The molecule has 2 rings (SSSR count). The molecule has 1 aromatic heterocycles. The number of fused-ring (bicyclic) bond motifs is 1. The molecule has 0 saturated carbocycles. The molecule has 0 bridgehead atoms. The van der Waals surface area contributed by atoms with Crippen LogP contribution in [0, 0.1) is 0 Å². The monoisotopic (exact) mass is 393 g/mol. The predicted molar refractivity (Wildman–Crippen MR) is 95.1 cm³/mol. The largest absolute Gasteiger partial charge is 0.466 e. The molecule has 0 unspecified atom stereocenters. The van der Waals surface area contributed by atoms with Crippen LogP contribution in [-0.4, -0.2) is 25.0 Å². The zero-order valence-electron chi connectivity index (χ0n) is 12.3. The van der Waals surface area contributed by atoms with Gasteiger partial charge in [-0.1, -0.05) is 34.8 Å². The van der Waals surface area contributed by atoms with Gasteiger partial charge in [-0.3, -0.25) is 9.59 Å². The summed E-state index contributed by atoms with van der Waals surface area (Å²) >= 11 is 19.6. The van der Waals surface area contributed by atoms with Crippen LogP contribution < -0.4 is 5.32 Å². The Kier molecular flexibility index (Phi) is 6.53. The third-order valence-corrected chi connectivity index (χ3v) is 5.15. The average molecular weight is 395 g/mol. The number of benzene rings is 1. The maximum absolute atomic E-state index is 12.2. The molecule has 1 heterocycles. The molecule has 1 aromatic carbocycles. The second kappa shape index (κ2) is 8.20. The van der Waals surface area contributed by atoms with Crippen molar-refractivity contribution in [3.05, 3.63) is 32.1 Å². The molecule has 1 N–H and O–H groups in total. The van der Waals surface area contributed by atoms with Crippen LogP contribution in [0.25, 0.3) is 10.1 Å². The second-order valence-electron chi connectivity index (χ2n) is 4.67. The average Bonchev–Trinajstić information content (AvgIpc) is 2.80. The molecule has 0 fully saturated rings. The SMILES string of the molecule is CCOC(=O)CCCNC(=O)c1sc2cc(Cl)cc(Cl)c2c1Cl. The van der Waals surface area contributed by atoms with Crippen LogP contribution in [0.15, 0.2) is 12.1 Å². The summed E-state index contributed by atoms with van der Waals surface area (Å²) in [5.41, 5.74) is 0. The van der Waals surface area contributed by atoms with Gasteiger partial charge in [0.05, 0.1) is 16.7 Å². The van der Waals surface area contributed by atoms with Crippen molar-refractivity contribution in [2.24, 2.45) is 0 Å². The number of esters is 1. The van der Waals surface area contributed by atoms with Crippen molar-refractivity contribution < 1.29 is 14.3 Å². The summed E-state index contributed by atoms with van der Waals surface area (Å²) in [6, 6.07) is 3.31. The Hall–Kier alpha value is -1.01. The molecular formula is C15H14Cl3NO3S. The summed E-state index contributed by atoms with van der Waals surface area (Å²) in [4.78, 5) is 23.8. The molecule has 0 radical (unpaired) electrons. The third kappa shape index (κ3) is 4.51. The number of hydrogen-bond donors (Lipinski definition) is 1. The molecule has 0 atom stereocenters. The Balaban J connectivity index is 2.03. The van der Waals surface area contributed by atoms with Gasteiger partial charge in [-0.15, -0.1) is 11.3 Å². The van der Waals surface area contributed by atoms with Crippen molar-refractivity contribution in [1.82, 2.24) is 5.32 Å². The van der Waals surface area contributed by atoms with E-state index in [0.717, 1.165) is 4.70 Å². The Labute approximate surface area is 152 Å². The first-order chi connectivity index (χ1) is 10.9. The molecule has 4 nitrogen and oxygen atoms in total. The smallest absolute Gasteiger partial charge is 0.305 e. The van der Waals surface area contributed by atoms with Crippen LogP contribution in [0.5, 0.6) is 0 Å². The Morgan fingerprint density at radius 1 is 1.26 bits per heavy atom. The number of carbonyl (C=O) groups excluding carboxylic acids is 2. The molecule has 2 aromatic rings. The van der Waals surface area contributed by atoms with Crippen molar-refractivity contribution in [2.45, 2.75) is 19.8 Å². The lowest BCUT2D eigenvalue weighted by Gasteiger charge is -2.04. The lowest BCUT2D eigenvalue weighted by molar-refractivity contribution is -0.143. The number of nitrogens with one attached hydrogen (secondary N) is 1. The van der Waals surface area contributed by atoms with Gasteiger partial charge in [-0.05, 0) is 25.5 Å². The van der Waals surface area contributed by atoms with Gasteiger partial charge < -0.3 is 10.1 Å². The van der Waals surface area contributed by atoms with Gasteiger partial charge in [-0.2, -0.15) is 0 Å². The molecule has 0 saturated heterocycles. The summed E-state index contributed by atoms with van der Waals surface area (Å²) in [5, 5.41) is 4.57.